The van der Waals surface area contributed by atoms with E-state index in [9.17, 15) is 14.4 Å². The molecule has 1 aromatic heterocycles. The topological polar surface area (TPSA) is 119 Å². The lowest BCUT2D eigenvalue weighted by molar-refractivity contribution is -0.129. The Morgan fingerprint density at radius 3 is 2.68 bits per heavy atom. The Balaban J connectivity index is 1.56. The Hall–Kier alpha value is -4.18. The molecular weight excluding hydrogens is 506 g/mol. The lowest BCUT2D eigenvalue weighted by Crippen LogP contribution is -2.35. The maximum absolute atomic E-state index is 12.3. The molecule has 0 fully saturated rings. The highest BCUT2D eigenvalue weighted by Gasteiger charge is 2.12. The molecule has 0 saturated carbocycles. The van der Waals surface area contributed by atoms with Gasteiger partial charge in [0.15, 0.2) is 0 Å². The first-order chi connectivity index (χ1) is 16.5. The molecule has 0 bridgehead atoms. The van der Waals surface area contributed by atoms with Crippen LogP contribution in [0.15, 0.2) is 80.9 Å². The van der Waals surface area contributed by atoms with Crippen LogP contribution in [0.4, 0.5) is 0 Å². The van der Waals surface area contributed by atoms with Crippen LogP contribution >= 0.6 is 15.9 Å². The van der Waals surface area contributed by atoms with Crippen LogP contribution in [0.2, 0.25) is 0 Å². The summed E-state index contributed by atoms with van der Waals surface area (Å²) >= 11 is 3.34. The highest BCUT2D eigenvalue weighted by Crippen LogP contribution is 2.22. The third-order valence-electron chi connectivity index (χ3n) is 4.26. The van der Waals surface area contributed by atoms with Crippen molar-refractivity contribution in [3.63, 3.8) is 0 Å². The third-order valence-corrected chi connectivity index (χ3v) is 4.76. The number of esters is 1. The van der Waals surface area contributed by atoms with Crippen LogP contribution < -0.4 is 20.2 Å². The minimum Gasteiger partial charge on any atom is -0.496 e. The Morgan fingerprint density at radius 2 is 1.91 bits per heavy atom. The molecule has 1 heterocycles. The van der Waals surface area contributed by atoms with Gasteiger partial charge in [0.2, 0.25) is 0 Å². The molecule has 2 N–H and O–H groups in total. The van der Waals surface area contributed by atoms with E-state index in [4.69, 9.17) is 13.9 Å². The average Bonchev–Trinajstić information content (AvgIpc) is 3.36. The lowest BCUT2D eigenvalue weighted by atomic mass is 10.2. The fourth-order valence-corrected chi connectivity index (χ4v) is 3.07. The van der Waals surface area contributed by atoms with E-state index in [2.05, 4.69) is 31.8 Å². The van der Waals surface area contributed by atoms with Crippen LogP contribution in [0.25, 0.3) is 6.08 Å². The zero-order valence-corrected chi connectivity index (χ0v) is 19.6. The SMILES string of the molecule is COc1ccccc1C(=O)NCC(=O)NN=Cc1cc(Br)ccc1OC(=O)/C=C\c1ccco1. The second-order valence-electron chi connectivity index (χ2n) is 6.63. The van der Waals surface area contributed by atoms with Gasteiger partial charge in [0.25, 0.3) is 11.8 Å². The zero-order chi connectivity index (χ0) is 24.3. The number of rotatable bonds is 9. The number of ether oxygens (including phenoxy) is 2. The molecule has 0 saturated heterocycles. The average molecular weight is 526 g/mol. The van der Waals surface area contributed by atoms with Crippen molar-refractivity contribution in [3.05, 3.63) is 88.3 Å². The van der Waals surface area contributed by atoms with Crippen LogP contribution in [0.1, 0.15) is 21.7 Å². The number of carbonyl (C=O) groups excluding carboxylic acids is 3. The number of hydrazone groups is 1. The summed E-state index contributed by atoms with van der Waals surface area (Å²) in [5, 5.41) is 6.37. The molecule has 9 nitrogen and oxygen atoms in total. The predicted molar refractivity (Wildman–Crippen MR) is 129 cm³/mol. The fourth-order valence-electron chi connectivity index (χ4n) is 2.69. The van der Waals surface area contributed by atoms with Crippen molar-refractivity contribution in [1.82, 2.24) is 10.7 Å². The van der Waals surface area contributed by atoms with E-state index in [1.54, 1.807) is 54.6 Å². The molecular formula is C24H20BrN3O6. The zero-order valence-electron chi connectivity index (χ0n) is 18.0. The second kappa shape index (κ2) is 12.2. The summed E-state index contributed by atoms with van der Waals surface area (Å²) in [5.74, 6) is -0.477. The third kappa shape index (κ3) is 7.17. The summed E-state index contributed by atoms with van der Waals surface area (Å²) in [5.41, 5.74) is 3.06. The Bertz CT molecular complexity index is 1220. The first-order valence-electron chi connectivity index (χ1n) is 9.92. The number of hydrogen-bond donors (Lipinski definition) is 2. The standard InChI is InChI=1S/C24H20BrN3O6/c1-32-21-7-3-2-6-19(21)24(31)26-15-22(29)28-27-14-16-13-17(25)8-10-20(16)34-23(30)11-9-18-5-4-12-33-18/h2-14H,15H2,1H3,(H,26,31)(H,28,29)/b11-9-,27-14?. The van der Waals surface area contributed by atoms with Crippen molar-refractivity contribution in [2.75, 3.05) is 13.7 Å². The maximum atomic E-state index is 12.3. The molecule has 2 aromatic carbocycles. The molecule has 0 atom stereocenters. The van der Waals surface area contributed by atoms with E-state index in [1.165, 1.54) is 31.7 Å². The molecule has 3 aromatic rings. The van der Waals surface area contributed by atoms with Gasteiger partial charge in [-0.2, -0.15) is 5.10 Å². The van der Waals surface area contributed by atoms with Gasteiger partial charge in [-0.25, -0.2) is 10.2 Å². The van der Waals surface area contributed by atoms with Crippen LogP contribution in [-0.4, -0.2) is 37.7 Å². The van der Waals surface area contributed by atoms with Gasteiger partial charge in [0, 0.05) is 16.1 Å². The number of nitrogens with zero attached hydrogens (tertiary/aromatic N) is 1. The summed E-state index contributed by atoms with van der Waals surface area (Å²) in [6.45, 7) is -0.299. The molecule has 0 spiro atoms. The molecule has 10 heteroatoms. The first kappa shape index (κ1) is 24.5. The van der Waals surface area contributed by atoms with Crippen LogP contribution in [0.3, 0.4) is 0 Å². The number of carbonyl (C=O) groups is 3. The first-order valence-corrected chi connectivity index (χ1v) is 10.7. The maximum Gasteiger partial charge on any atom is 0.336 e. The van der Waals surface area contributed by atoms with Crippen molar-refractivity contribution < 1.29 is 28.3 Å². The molecule has 0 aliphatic rings. The monoisotopic (exact) mass is 525 g/mol. The normalized spacial score (nSPS) is 10.9. The predicted octanol–water partition coefficient (Wildman–Crippen LogP) is 3.55. The van der Waals surface area contributed by atoms with Gasteiger partial charge in [-0.05, 0) is 48.5 Å². The highest BCUT2D eigenvalue weighted by molar-refractivity contribution is 9.10. The van der Waals surface area contributed by atoms with E-state index in [0.29, 0.717) is 22.6 Å². The Labute approximate surface area is 203 Å². The van der Waals surface area contributed by atoms with E-state index in [0.717, 1.165) is 4.47 Å². The minimum atomic E-state index is -0.614. The number of methoxy groups -OCH3 is 1. The van der Waals surface area contributed by atoms with Crippen molar-refractivity contribution in [1.29, 1.82) is 0 Å². The largest absolute Gasteiger partial charge is 0.496 e. The van der Waals surface area contributed by atoms with Gasteiger partial charge >= 0.3 is 5.97 Å². The van der Waals surface area contributed by atoms with Gasteiger partial charge in [-0.1, -0.05) is 28.1 Å². The van der Waals surface area contributed by atoms with E-state index >= 15 is 0 Å². The van der Waals surface area contributed by atoms with Gasteiger partial charge < -0.3 is 19.2 Å². The van der Waals surface area contributed by atoms with Crippen molar-refractivity contribution in [2.45, 2.75) is 0 Å². The smallest absolute Gasteiger partial charge is 0.336 e. The summed E-state index contributed by atoms with van der Waals surface area (Å²) in [6.07, 6.45) is 5.53. The van der Waals surface area contributed by atoms with E-state index < -0.39 is 17.8 Å². The summed E-state index contributed by atoms with van der Waals surface area (Å²) in [6, 6.07) is 15.0. The number of nitrogens with one attached hydrogen (secondary N) is 2. The molecule has 3 rings (SSSR count). The quantitative estimate of drug-likeness (QED) is 0.145. The molecule has 0 aliphatic heterocycles. The highest BCUT2D eigenvalue weighted by atomic mass is 79.9. The van der Waals surface area contributed by atoms with Crippen LogP contribution in [-0.2, 0) is 9.59 Å². The number of halogens is 1. The van der Waals surface area contributed by atoms with E-state index in [1.807, 2.05) is 0 Å². The van der Waals surface area contributed by atoms with Gasteiger partial charge in [0.05, 0.1) is 31.7 Å². The number of amides is 2. The molecule has 34 heavy (non-hydrogen) atoms. The lowest BCUT2D eigenvalue weighted by Gasteiger charge is -2.08. The number of para-hydroxylation sites is 1. The minimum absolute atomic E-state index is 0.236. The molecule has 0 unspecified atom stereocenters. The molecule has 174 valence electrons. The summed E-state index contributed by atoms with van der Waals surface area (Å²) in [4.78, 5) is 36.4. The van der Waals surface area contributed by atoms with Crippen LogP contribution in [0, 0.1) is 0 Å². The number of benzene rings is 2. The summed E-state index contributed by atoms with van der Waals surface area (Å²) < 4.78 is 16.3. The molecule has 2 amide bonds. The van der Waals surface area contributed by atoms with Crippen LogP contribution in [0.5, 0.6) is 11.5 Å². The Morgan fingerprint density at radius 1 is 1.09 bits per heavy atom. The van der Waals surface area contributed by atoms with E-state index in [-0.39, 0.29) is 12.3 Å². The van der Waals surface area contributed by atoms with Crippen molar-refractivity contribution >= 4 is 46.0 Å². The van der Waals surface area contributed by atoms with Gasteiger partial charge in [0.1, 0.15) is 17.3 Å². The fraction of sp³-hybridized carbons (Fsp3) is 0.0833. The van der Waals surface area contributed by atoms with Crippen molar-refractivity contribution in [2.24, 2.45) is 5.10 Å². The van der Waals surface area contributed by atoms with Crippen molar-refractivity contribution in [3.8, 4) is 11.5 Å². The Kier molecular flexibility index (Phi) is 8.75. The molecule has 0 aliphatic carbocycles. The molecule has 0 radical (unpaired) electrons. The number of furan rings is 1. The van der Waals surface area contributed by atoms with Gasteiger partial charge in [-0.3, -0.25) is 9.59 Å². The number of hydrogen-bond acceptors (Lipinski definition) is 7. The van der Waals surface area contributed by atoms with Gasteiger partial charge in [-0.15, -0.1) is 0 Å². The second-order valence-corrected chi connectivity index (χ2v) is 7.54. The summed E-state index contributed by atoms with van der Waals surface area (Å²) in [7, 11) is 1.45.